The summed E-state index contributed by atoms with van der Waals surface area (Å²) in [5.74, 6) is 1.21. The molecule has 16 heavy (non-hydrogen) atoms. The number of hydrogen-bond donors (Lipinski definition) is 1. The molecule has 1 N–H and O–H groups in total. The molecule has 0 bridgehead atoms. The van der Waals surface area contributed by atoms with E-state index in [2.05, 4.69) is 31.4 Å². The highest BCUT2D eigenvalue weighted by molar-refractivity contribution is 9.11. The van der Waals surface area contributed by atoms with E-state index in [-0.39, 0.29) is 0 Å². The van der Waals surface area contributed by atoms with E-state index in [0.717, 1.165) is 15.2 Å². The van der Waals surface area contributed by atoms with E-state index >= 15 is 0 Å². The van der Waals surface area contributed by atoms with Gasteiger partial charge >= 0.3 is 0 Å². The number of nitrogens with one attached hydrogen (secondary N) is 1. The van der Waals surface area contributed by atoms with Crippen LogP contribution in [0.3, 0.4) is 0 Å². The molecule has 2 aromatic rings. The molecule has 0 aliphatic carbocycles. The Bertz CT molecular complexity index is 461. The minimum atomic E-state index is 0.590. The van der Waals surface area contributed by atoms with Crippen LogP contribution in [0.1, 0.15) is 18.4 Å². The van der Waals surface area contributed by atoms with Crippen LogP contribution >= 0.6 is 27.3 Å². The third-order valence-electron chi connectivity index (χ3n) is 2.06. The van der Waals surface area contributed by atoms with Crippen LogP contribution in [0.5, 0.6) is 0 Å². The molecule has 2 rings (SSSR count). The van der Waals surface area contributed by atoms with Crippen molar-refractivity contribution in [2.75, 3.05) is 6.54 Å². The molecule has 0 atom stereocenters. The largest absolute Gasteiger partial charge is 0.419 e. The maximum Gasteiger partial charge on any atom is 0.257 e. The van der Waals surface area contributed by atoms with Crippen molar-refractivity contribution in [1.82, 2.24) is 15.5 Å². The fourth-order valence-electron chi connectivity index (χ4n) is 1.22. The van der Waals surface area contributed by atoms with Gasteiger partial charge in [0.1, 0.15) is 0 Å². The molecule has 2 heterocycles. The van der Waals surface area contributed by atoms with Crippen LogP contribution in [0.2, 0.25) is 0 Å². The van der Waals surface area contributed by atoms with Crippen LogP contribution in [0.4, 0.5) is 0 Å². The Morgan fingerprint density at radius 3 is 2.94 bits per heavy atom. The molecule has 0 amide bonds. The molecule has 0 aromatic carbocycles. The zero-order chi connectivity index (χ0) is 11.5. The van der Waals surface area contributed by atoms with Gasteiger partial charge in [0.25, 0.3) is 5.89 Å². The van der Waals surface area contributed by atoms with Crippen LogP contribution in [0.15, 0.2) is 14.3 Å². The first-order chi connectivity index (χ1) is 7.70. The molecule has 0 radical (unpaired) electrons. The van der Waals surface area contributed by atoms with Crippen molar-refractivity contribution in [2.24, 2.45) is 0 Å². The van der Waals surface area contributed by atoms with Gasteiger partial charge < -0.3 is 9.73 Å². The van der Waals surface area contributed by atoms with E-state index in [4.69, 9.17) is 4.42 Å². The minimum Gasteiger partial charge on any atom is -0.419 e. The normalized spacial score (nSPS) is 10.9. The van der Waals surface area contributed by atoms with Gasteiger partial charge in [-0.25, -0.2) is 0 Å². The quantitative estimate of drug-likeness (QED) is 0.943. The topological polar surface area (TPSA) is 51.0 Å². The number of aryl methyl sites for hydroxylation is 1. The van der Waals surface area contributed by atoms with Gasteiger partial charge in [-0.1, -0.05) is 6.92 Å². The number of hydrogen-bond acceptors (Lipinski definition) is 5. The maximum atomic E-state index is 5.54. The zero-order valence-corrected chi connectivity index (χ0v) is 11.5. The van der Waals surface area contributed by atoms with Crippen molar-refractivity contribution in [1.29, 1.82) is 0 Å². The molecular weight excluding hydrogens is 290 g/mol. The van der Waals surface area contributed by atoms with Crippen LogP contribution in [0.25, 0.3) is 10.8 Å². The van der Waals surface area contributed by atoms with Gasteiger partial charge in [0.2, 0.25) is 5.89 Å². The van der Waals surface area contributed by atoms with E-state index in [0.29, 0.717) is 18.3 Å². The van der Waals surface area contributed by atoms with Crippen molar-refractivity contribution < 1.29 is 4.42 Å². The molecule has 0 fully saturated rings. The molecule has 0 aliphatic heterocycles. The molecule has 0 unspecified atom stereocenters. The number of nitrogens with zero attached hydrogens (tertiary/aromatic N) is 2. The minimum absolute atomic E-state index is 0.590. The monoisotopic (exact) mass is 301 g/mol. The first-order valence-electron chi connectivity index (χ1n) is 5.00. The van der Waals surface area contributed by atoms with Crippen molar-refractivity contribution in [2.45, 2.75) is 20.4 Å². The number of rotatable bonds is 4. The lowest BCUT2D eigenvalue weighted by Gasteiger charge is -1.93. The summed E-state index contributed by atoms with van der Waals surface area (Å²) >= 11 is 5.08. The second-order valence-corrected chi connectivity index (χ2v) is 5.72. The van der Waals surface area contributed by atoms with E-state index in [1.165, 1.54) is 5.56 Å². The van der Waals surface area contributed by atoms with Gasteiger partial charge in [-0.15, -0.1) is 21.5 Å². The van der Waals surface area contributed by atoms with Crippen LogP contribution in [-0.2, 0) is 6.54 Å². The summed E-state index contributed by atoms with van der Waals surface area (Å²) in [7, 11) is 0. The average molecular weight is 302 g/mol. The van der Waals surface area contributed by atoms with Crippen molar-refractivity contribution in [3.05, 3.63) is 21.3 Å². The van der Waals surface area contributed by atoms with Crippen LogP contribution < -0.4 is 5.32 Å². The second-order valence-electron chi connectivity index (χ2n) is 3.35. The summed E-state index contributed by atoms with van der Waals surface area (Å²) in [6.45, 7) is 5.59. The number of aromatic nitrogens is 2. The van der Waals surface area contributed by atoms with Gasteiger partial charge in [-0.3, -0.25) is 0 Å². The Kier molecular flexibility index (Phi) is 3.73. The first kappa shape index (κ1) is 11.8. The average Bonchev–Trinajstić information content (AvgIpc) is 2.84. The van der Waals surface area contributed by atoms with Crippen molar-refractivity contribution in [3.8, 4) is 10.8 Å². The van der Waals surface area contributed by atoms with E-state index < -0.39 is 0 Å². The Morgan fingerprint density at radius 2 is 2.31 bits per heavy atom. The van der Waals surface area contributed by atoms with E-state index in [9.17, 15) is 0 Å². The van der Waals surface area contributed by atoms with Gasteiger partial charge in [-0.05, 0) is 41.0 Å². The predicted octanol–water partition coefficient (Wildman–Crippen LogP) is 2.98. The number of thiophene rings is 1. The van der Waals surface area contributed by atoms with Gasteiger partial charge in [0.15, 0.2) is 0 Å². The molecule has 0 saturated heterocycles. The Labute approximate surface area is 106 Å². The Morgan fingerprint density at radius 1 is 1.50 bits per heavy atom. The second kappa shape index (κ2) is 5.07. The summed E-state index contributed by atoms with van der Waals surface area (Å²) in [6.07, 6.45) is 0. The standard InChI is InChI=1S/C10H12BrN3OS/c1-3-12-5-8-13-14-10(15-8)7-4-6(2)9(11)16-7/h4,12H,3,5H2,1-2H3. The highest BCUT2D eigenvalue weighted by Gasteiger charge is 2.12. The summed E-state index contributed by atoms with van der Waals surface area (Å²) < 4.78 is 6.65. The highest BCUT2D eigenvalue weighted by Crippen LogP contribution is 2.33. The van der Waals surface area contributed by atoms with E-state index in [1.54, 1.807) is 11.3 Å². The first-order valence-corrected chi connectivity index (χ1v) is 6.61. The Balaban J connectivity index is 2.18. The molecule has 2 aromatic heterocycles. The molecule has 4 nitrogen and oxygen atoms in total. The van der Waals surface area contributed by atoms with Gasteiger partial charge in [-0.2, -0.15) is 0 Å². The number of halogens is 1. The third kappa shape index (κ3) is 2.50. The highest BCUT2D eigenvalue weighted by atomic mass is 79.9. The van der Waals surface area contributed by atoms with Crippen molar-refractivity contribution in [3.63, 3.8) is 0 Å². The summed E-state index contributed by atoms with van der Waals surface area (Å²) in [5, 5.41) is 11.2. The fraction of sp³-hybridized carbons (Fsp3) is 0.400. The predicted molar refractivity (Wildman–Crippen MR) is 67.4 cm³/mol. The lowest BCUT2D eigenvalue weighted by atomic mass is 10.3. The van der Waals surface area contributed by atoms with E-state index in [1.807, 2.05) is 19.9 Å². The molecule has 6 heteroatoms. The smallest absolute Gasteiger partial charge is 0.257 e. The third-order valence-corrected chi connectivity index (χ3v) is 4.19. The summed E-state index contributed by atoms with van der Waals surface area (Å²) in [5.41, 5.74) is 1.19. The zero-order valence-electron chi connectivity index (χ0n) is 9.08. The lowest BCUT2D eigenvalue weighted by Crippen LogP contribution is -2.11. The van der Waals surface area contributed by atoms with Crippen LogP contribution in [-0.4, -0.2) is 16.7 Å². The van der Waals surface area contributed by atoms with Gasteiger partial charge in [0, 0.05) is 0 Å². The molecular formula is C10H12BrN3OS. The van der Waals surface area contributed by atoms with Crippen molar-refractivity contribution >= 4 is 27.3 Å². The molecule has 0 saturated carbocycles. The SMILES string of the molecule is CCNCc1nnc(-c2cc(C)c(Br)s2)o1. The molecule has 0 spiro atoms. The Hall–Kier alpha value is -0.720. The summed E-state index contributed by atoms with van der Waals surface area (Å²) in [6, 6.07) is 2.04. The molecule has 0 aliphatic rings. The van der Waals surface area contributed by atoms with Gasteiger partial charge in [0.05, 0.1) is 15.2 Å². The lowest BCUT2D eigenvalue weighted by molar-refractivity contribution is 0.483. The fourth-order valence-corrected chi connectivity index (χ4v) is 2.68. The molecule has 86 valence electrons. The summed E-state index contributed by atoms with van der Waals surface area (Å²) in [4.78, 5) is 1.000. The maximum absolute atomic E-state index is 5.54. The van der Waals surface area contributed by atoms with Crippen LogP contribution in [0, 0.1) is 6.92 Å².